The van der Waals surface area contributed by atoms with Crippen LogP contribution in [-0.4, -0.2) is 18.5 Å². The molecule has 2 aliphatic rings. The Morgan fingerprint density at radius 1 is 1.04 bits per heavy atom. The van der Waals surface area contributed by atoms with E-state index in [1.807, 2.05) is 0 Å². The summed E-state index contributed by atoms with van der Waals surface area (Å²) in [6, 6.07) is 19.2. The number of allylic oxidation sites excluding steroid dienone is 5. The molecule has 144 valence electrons. The minimum Gasteiger partial charge on any atom is -0.369 e. The van der Waals surface area contributed by atoms with Gasteiger partial charge in [-0.25, -0.2) is 0 Å². The number of aryl methyl sites for hydroxylation is 1. The molecule has 0 fully saturated rings. The number of aliphatic imine (C=N–C) groups is 1. The molecular formula is C25H28N2O. The van der Waals surface area contributed by atoms with E-state index >= 15 is 0 Å². The van der Waals surface area contributed by atoms with Crippen molar-refractivity contribution in [2.24, 2.45) is 4.99 Å². The average molecular weight is 373 g/mol. The number of rotatable bonds is 6. The van der Waals surface area contributed by atoms with Gasteiger partial charge in [-0.2, -0.15) is 0 Å². The summed E-state index contributed by atoms with van der Waals surface area (Å²) in [5, 5.41) is 3.61. The van der Waals surface area contributed by atoms with Crippen LogP contribution >= 0.6 is 0 Å². The van der Waals surface area contributed by atoms with Crippen molar-refractivity contribution < 1.29 is 6.16 Å². The van der Waals surface area contributed by atoms with E-state index in [0.29, 0.717) is 13.2 Å². The molecule has 3 nitrogen and oxygen atoms in total. The monoisotopic (exact) mass is 372 g/mol. The Balaban J connectivity index is 0.00000240. The molecule has 28 heavy (non-hydrogen) atoms. The summed E-state index contributed by atoms with van der Waals surface area (Å²) in [5.74, 6) is 0.921. The molecule has 0 spiro atoms. The maximum absolute atomic E-state index is 5.96. The Morgan fingerprint density at radius 3 is 2.79 bits per heavy atom. The highest BCUT2D eigenvalue weighted by atomic mass is 16.5. The highest BCUT2D eigenvalue weighted by molar-refractivity contribution is 5.86. The fraction of sp³-hybridized carbons (Fsp3) is 0.240. The molecule has 1 N–H and O–H groups in total. The van der Waals surface area contributed by atoms with E-state index in [1.54, 1.807) is 0 Å². The van der Waals surface area contributed by atoms with Crippen molar-refractivity contribution in [1.82, 2.24) is 5.32 Å². The van der Waals surface area contributed by atoms with E-state index < -0.39 is 0 Å². The highest BCUT2D eigenvalue weighted by Gasteiger charge is 2.32. The van der Waals surface area contributed by atoms with Crippen molar-refractivity contribution in [3.8, 4) is 0 Å². The van der Waals surface area contributed by atoms with Gasteiger partial charge in [0.05, 0.1) is 18.7 Å². The summed E-state index contributed by atoms with van der Waals surface area (Å²) in [6.07, 6.45) is 11.6. The Labute approximate surface area is 168 Å². The zero-order valence-corrected chi connectivity index (χ0v) is 16.2. The number of hydrogen-bond donors (Lipinski definition) is 1. The molecule has 2 atom stereocenters. The largest absolute Gasteiger partial charge is 0.369 e. The molecular weight excluding hydrogens is 344 g/mol. The molecule has 2 aromatic rings. The molecule has 0 bridgehead atoms. The van der Waals surface area contributed by atoms with Crippen LogP contribution in [0.2, 0.25) is 0 Å². The molecule has 1 aliphatic carbocycles. The number of nitrogens with one attached hydrogen (secondary N) is 1. The van der Waals surface area contributed by atoms with Crippen molar-refractivity contribution in [1.29, 1.82) is 0 Å². The second-order valence-electron chi connectivity index (χ2n) is 7.29. The van der Waals surface area contributed by atoms with Crippen molar-refractivity contribution >= 4 is 5.84 Å². The molecule has 0 amide bonds. The number of ether oxygens (including phenoxy) is 1. The number of benzene rings is 2. The molecule has 0 unspecified atom stereocenters. The summed E-state index contributed by atoms with van der Waals surface area (Å²) in [5.41, 5.74) is 5.02. The summed E-state index contributed by atoms with van der Waals surface area (Å²) in [7, 11) is 0. The van der Waals surface area contributed by atoms with Crippen LogP contribution in [-0.2, 0) is 11.3 Å². The van der Waals surface area contributed by atoms with Crippen molar-refractivity contribution in [2.75, 3.05) is 6.61 Å². The van der Waals surface area contributed by atoms with Gasteiger partial charge in [-0.3, -0.25) is 4.99 Å². The van der Waals surface area contributed by atoms with Gasteiger partial charge in [-0.05, 0) is 30.0 Å². The van der Waals surface area contributed by atoms with Crippen molar-refractivity contribution in [3.63, 3.8) is 0 Å². The highest BCUT2D eigenvalue weighted by Crippen LogP contribution is 2.31. The van der Waals surface area contributed by atoms with Gasteiger partial charge in [0.25, 0.3) is 0 Å². The van der Waals surface area contributed by atoms with E-state index in [-0.39, 0.29) is 13.5 Å². The predicted molar refractivity (Wildman–Crippen MR) is 117 cm³/mol. The first-order valence-corrected chi connectivity index (χ1v) is 9.83. The number of nitrogens with zero attached hydrogens (tertiary/aromatic N) is 1. The summed E-state index contributed by atoms with van der Waals surface area (Å²) in [6.45, 7) is 3.19. The minimum atomic E-state index is 0. The molecule has 0 saturated heterocycles. The van der Waals surface area contributed by atoms with Crippen molar-refractivity contribution in [2.45, 2.75) is 32.0 Å². The van der Waals surface area contributed by atoms with Crippen LogP contribution in [0.15, 0.2) is 95.5 Å². The van der Waals surface area contributed by atoms with E-state index in [0.717, 1.165) is 12.3 Å². The Bertz CT molecular complexity index is 931. The Kier molecular flexibility index (Phi) is 5.83. The first-order chi connectivity index (χ1) is 13.8. The van der Waals surface area contributed by atoms with Gasteiger partial charge in [0.2, 0.25) is 0 Å². The quantitative estimate of drug-likeness (QED) is 0.745. The SMILES string of the molecule is Cc1cccc(COCC2=N[C@@H](C3=CC=CC=CC3)[C@@H](c3ccccc3)N2)c1.[HH]. The first kappa shape index (κ1) is 18.5. The lowest BCUT2D eigenvalue weighted by molar-refractivity contribution is 0.156. The van der Waals surface area contributed by atoms with E-state index in [9.17, 15) is 0 Å². The molecule has 0 radical (unpaired) electrons. The maximum Gasteiger partial charge on any atom is 0.124 e. The van der Waals surface area contributed by atoms with Crippen LogP contribution < -0.4 is 5.32 Å². The van der Waals surface area contributed by atoms with Gasteiger partial charge in [-0.15, -0.1) is 0 Å². The van der Waals surface area contributed by atoms with Crippen molar-refractivity contribution in [3.05, 3.63) is 107 Å². The standard InChI is InChI=1S/C25H26N2O.H2/c1-19-10-9-11-20(16-19)17-28-18-23-26-24(21-12-5-2-3-6-13-21)25(27-23)22-14-7-4-8-15-22;/h2-12,14-16,24-25H,13,17-18H2,1H3,(H,26,27);1H/t24-,25+;/m0./s1. The van der Waals surface area contributed by atoms with Crippen LogP contribution in [0.3, 0.4) is 0 Å². The molecule has 0 aromatic heterocycles. The molecule has 4 rings (SSSR count). The van der Waals surface area contributed by atoms with Gasteiger partial charge < -0.3 is 10.1 Å². The second kappa shape index (κ2) is 8.85. The fourth-order valence-corrected chi connectivity index (χ4v) is 3.72. The summed E-state index contributed by atoms with van der Waals surface area (Å²) < 4.78 is 5.96. The Hall–Kier alpha value is -2.91. The van der Waals surface area contributed by atoms with Gasteiger partial charge in [0.1, 0.15) is 12.4 Å². The van der Waals surface area contributed by atoms with E-state index in [1.165, 1.54) is 22.3 Å². The third-order valence-electron chi connectivity index (χ3n) is 5.08. The predicted octanol–water partition coefficient (Wildman–Crippen LogP) is 5.31. The summed E-state index contributed by atoms with van der Waals surface area (Å²) in [4.78, 5) is 5.00. The van der Waals surface area contributed by atoms with Gasteiger partial charge in [0.15, 0.2) is 0 Å². The fourth-order valence-electron chi connectivity index (χ4n) is 3.72. The van der Waals surface area contributed by atoms with E-state index in [4.69, 9.17) is 9.73 Å². The Morgan fingerprint density at radius 2 is 1.93 bits per heavy atom. The van der Waals surface area contributed by atoms with Crippen LogP contribution in [0.1, 0.15) is 30.6 Å². The summed E-state index contributed by atoms with van der Waals surface area (Å²) >= 11 is 0. The number of amidine groups is 1. The van der Waals surface area contributed by atoms with Crippen LogP contribution in [0.4, 0.5) is 0 Å². The van der Waals surface area contributed by atoms with Crippen LogP contribution in [0.5, 0.6) is 0 Å². The van der Waals surface area contributed by atoms with E-state index in [2.05, 4.69) is 97.2 Å². The van der Waals surface area contributed by atoms with Crippen LogP contribution in [0, 0.1) is 6.92 Å². The minimum absolute atomic E-state index is 0. The lowest BCUT2D eigenvalue weighted by Gasteiger charge is -2.21. The lowest BCUT2D eigenvalue weighted by Crippen LogP contribution is -2.29. The zero-order valence-electron chi connectivity index (χ0n) is 16.2. The molecule has 0 saturated carbocycles. The molecule has 2 aromatic carbocycles. The second-order valence-corrected chi connectivity index (χ2v) is 7.29. The number of hydrogen-bond acceptors (Lipinski definition) is 3. The zero-order chi connectivity index (χ0) is 19.2. The molecule has 1 heterocycles. The average Bonchev–Trinajstić information content (AvgIpc) is 2.95. The normalized spacial score (nSPS) is 21.0. The molecule has 3 heteroatoms. The molecule has 1 aliphatic heterocycles. The van der Waals surface area contributed by atoms with Gasteiger partial charge in [0, 0.05) is 1.43 Å². The van der Waals surface area contributed by atoms with Gasteiger partial charge in [-0.1, -0.05) is 90.5 Å². The smallest absolute Gasteiger partial charge is 0.124 e. The lowest BCUT2D eigenvalue weighted by atomic mass is 9.93. The van der Waals surface area contributed by atoms with Gasteiger partial charge >= 0.3 is 0 Å². The third kappa shape index (κ3) is 4.49. The maximum atomic E-state index is 5.96. The van der Waals surface area contributed by atoms with Crippen LogP contribution in [0.25, 0.3) is 0 Å². The third-order valence-corrected chi connectivity index (χ3v) is 5.08. The first-order valence-electron chi connectivity index (χ1n) is 9.83. The topological polar surface area (TPSA) is 33.6 Å².